The Labute approximate surface area is 319 Å². The van der Waals surface area contributed by atoms with E-state index in [4.69, 9.17) is 9.47 Å². The number of likely N-dealkylation sites (N-methyl/N-ethyl adjacent to an activating group) is 2. The van der Waals surface area contributed by atoms with Gasteiger partial charge in [-0.1, -0.05) is 91.6 Å². The molecule has 1 saturated heterocycles. The van der Waals surface area contributed by atoms with Gasteiger partial charge in [0.15, 0.2) is 0 Å². The number of ether oxygens (including phenoxy) is 2. The molecule has 2 rings (SSSR count). The van der Waals surface area contributed by atoms with Gasteiger partial charge < -0.3 is 35.0 Å². The third kappa shape index (κ3) is 12.0. The average Bonchev–Trinajstić information content (AvgIpc) is 3.62. The maximum atomic E-state index is 14.4. The SMILES string of the molecule is CCC(C)C(NC(=O)C(C(C)C)N(C)C)C(=O)N(C)C(C(C)CC)C(CC(=O)N1CCCC1C(OC)C(C)C(=O)NC(C)C(O)c1ccccc1)OC. The predicted molar refractivity (Wildman–Crippen MR) is 209 cm³/mol. The zero-order valence-electron chi connectivity index (χ0n) is 34.8. The number of nitrogens with one attached hydrogen (secondary N) is 2. The zero-order valence-corrected chi connectivity index (χ0v) is 34.8. The minimum atomic E-state index is -0.876. The van der Waals surface area contributed by atoms with Gasteiger partial charge in [0.05, 0.1) is 54.8 Å². The number of likely N-dealkylation sites (tertiary alicyclic amines) is 1. The highest BCUT2D eigenvalue weighted by molar-refractivity contribution is 5.90. The molecule has 0 aliphatic carbocycles. The molecule has 12 nitrogen and oxygen atoms in total. The molecule has 1 aromatic rings. The van der Waals surface area contributed by atoms with Gasteiger partial charge in [0.1, 0.15) is 6.04 Å². The molecule has 0 aromatic heterocycles. The highest BCUT2D eigenvalue weighted by Gasteiger charge is 2.43. The van der Waals surface area contributed by atoms with Crippen molar-refractivity contribution in [3.63, 3.8) is 0 Å². The summed E-state index contributed by atoms with van der Waals surface area (Å²) in [5.74, 6) is -1.48. The van der Waals surface area contributed by atoms with Crippen molar-refractivity contribution in [3.8, 4) is 0 Å². The number of carbonyl (C=O) groups excluding carboxylic acids is 4. The smallest absolute Gasteiger partial charge is 0.245 e. The van der Waals surface area contributed by atoms with Crippen molar-refractivity contribution in [2.45, 2.75) is 136 Å². The van der Waals surface area contributed by atoms with Crippen molar-refractivity contribution >= 4 is 23.6 Å². The Morgan fingerprint density at radius 1 is 0.887 bits per heavy atom. The Bertz CT molecular complexity index is 1290. The lowest BCUT2D eigenvalue weighted by molar-refractivity contribution is -0.148. The van der Waals surface area contributed by atoms with Crippen molar-refractivity contribution in [3.05, 3.63) is 35.9 Å². The van der Waals surface area contributed by atoms with Gasteiger partial charge in [-0.3, -0.25) is 24.1 Å². The standard InChI is InChI=1S/C41H71N5O7/c1-14-26(5)34(43-40(50)35(25(3)4)44(9)10)41(51)45(11)36(27(6)15-2)32(52-12)24-33(47)46-23-19-22-31(46)38(53-13)28(7)39(49)42-29(8)37(48)30-20-17-16-18-21-30/h16-18,20-21,25-29,31-32,34-38,48H,14-15,19,22-24H2,1-13H3,(H,42,49)(H,43,50). The van der Waals surface area contributed by atoms with Crippen LogP contribution in [0.3, 0.4) is 0 Å². The molecule has 0 saturated carbocycles. The van der Waals surface area contributed by atoms with Gasteiger partial charge in [0.2, 0.25) is 23.6 Å². The van der Waals surface area contributed by atoms with Crippen LogP contribution >= 0.6 is 0 Å². The highest BCUT2D eigenvalue weighted by Crippen LogP contribution is 2.30. The van der Waals surface area contributed by atoms with Gasteiger partial charge in [0, 0.05) is 27.8 Å². The first-order valence-corrected chi connectivity index (χ1v) is 19.6. The van der Waals surface area contributed by atoms with E-state index in [2.05, 4.69) is 24.5 Å². The lowest BCUT2D eigenvalue weighted by Crippen LogP contribution is -2.60. The number of aliphatic hydroxyl groups is 1. The van der Waals surface area contributed by atoms with Crippen molar-refractivity contribution < 1.29 is 33.8 Å². The van der Waals surface area contributed by atoms with E-state index in [9.17, 15) is 24.3 Å². The van der Waals surface area contributed by atoms with E-state index in [0.717, 1.165) is 12.8 Å². The van der Waals surface area contributed by atoms with Gasteiger partial charge in [0.25, 0.3) is 0 Å². The molecule has 1 aliphatic rings. The van der Waals surface area contributed by atoms with E-state index >= 15 is 0 Å². The van der Waals surface area contributed by atoms with E-state index < -0.39 is 48.4 Å². The molecular weight excluding hydrogens is 674 g/mol. The summed E-state index contributed by atoms with van der Waals surface area (Å²) in [5, 5.41) is 16.9. The fraction of sp³-hybridized carbons (Fsp3) is 0.756. The van der Waals surface area contributed by atoms with Crippen LogP contribution < -0.4 is 10.6 Å². The normalized spacial score (nSPS) is 20.5. The Hall–Kier alpha value is -3.06. The first kappa shape index (κ1) is 46.1. The molecular formula is C41H71N5O7. The minimum Gasteiger partial charge on any atom is -0.386 e. The molecule has 11 unspecified atom stereocenters. The minimum absolute atomic E-state index is 0.0155. The molecule has 4 amide bonds. The Morgan fingerprint density at radius 2 is 1.49 bits per heavy atom. The summed E-state index contributed by atoms with van der Waals surface area (Å²) in [6.45, 7) is 16.1. The second-order valence-corrected chi connectivity index (χ2v) is 15.8. The number of amides is 4. The van der Waals surface area contributed by atoms with Crippen LogP contribution in [-0.2, 0) is 28.7 Å². The average molecular weight is 746 g/mol. The molecule has 1 heterocycles. The van der Waals surface area contributed by atoms with Gasteiger partial charge >= 0.3 is 0 Å². The van der Waals surface area contributed by atoms with Crippen molar-refractivity contribution in [1.29, 1.82) is 0 Å². The predicted octanol–water partition coefficient (Wildman–Crippen LogP) is 4.26. The molecule has 0 radical (unpaired) electrons. The van der Waals surface area contributed by atoms with E-state index in [1.807, 2.05) is 77.0 Å². The number of aliphatic hydroxyl groups excluding tert-OH is 1. The fourth-order valence-electron chi connectivity index (χ4n) is 7.95. The quantitative estimate of drug-likeness (QED) is 0.170. The van der Waals surface area contributed by atoms with Crippen LogP contribution in [0.15, 0.2) is 30.3 Å². The highest BCUT2D eigenvalue weighted by atomic mass is 16.5. The van der Waals surface area contributed by atoms with E-state index in [1.54, 1.807) is 44.9 Å². The van der Waals surface area contributed by atoms with E-state index in [1.165, 1.54) is 0 Å². The van der Waals surface area contributed by atoms with Gasteiger partial charge in [-0.2, -0.15) is 0 Å². The molecule has 1 aliphatic heterocycles. The number of nitrogens with zero attached hydrogens (tertiary/aromatic N) is 3. The van der Waals surface area contributed by atoms with Crippen molar-refractivity contribution in [1.82, 2.24) is 25.3 Å². The summed E-state index contributed by atoms with van der Waals surface area (Å²) < 4.78 is 12.0. The van der Waals surface area contributed by atoms with Gasteiger partial charge in [-0.25, -0.2) is 0 Å². The third-order valence-electron chi connectivity index (χ3n) is 11.5. The Balaban J connectivity index is 2.28. The largest absolute Gasteiger partial charge is 0.386 e. The molecule has 11 atom stereocenters. The van der Waals surface area contributed by atoms with Crippen LogP contribution in [0.4, 0.5) is 0 Å². The molecule has 53 heavy (non-hydrogen) atoms. The van der Waals surface area contributed by atoms with Crippen LogP contribution in [0.5, 0.6) is 0 Å². The first-order chi connectivity index (χ1) is 25.0. The number of rotatable bonds is 21. The zero-order chi connectivity index (χ0) is 40.2. The molecule has 12 heteroatoms. The topological polar surface area (TPSA) is 141 Å². The molecule has 302 valence electrons. The number of benzene rings is 1. The maximum absolute atomic E-state index is 14.4. The molecule has 0 spiro atoms. The van der Waals surface area contributed by atoms with Crippen LogP contribution in [0.25, 0.3) is 0 Å². The summed E-state index contributed by atoms with van der Waals surface area (Å²) in [6.07, 6.45) is 0.845. The van der Waals surface area contributed by atoms with Crippen LogP contribution in [-0.4, -0.2) is 128 Å². The summed E-state index contributed by atoms with van der Waals surface area (Å²) >= 11 is 0. The summed E-state index contributed by atoms with van der Waals surface area (Å²) in [4.78, 5) is 60.9. The second kappa shape index (κ2) is 21.7. The molecule has 1 aromatic carbocycles. The summed E-state index contributed by atoms with van der Waals surface area (Å²) in [7, 11) is 8.61. The van der Waals surface area contributed by atoms with Crippen LogP contribution in [0.2, 0.25) is 0 Å². The van der Waals surface area contributed by atoms with Crippen molar-refractivity contribution in [2.24, 2.45) is 23.7 Å². The second-order valence-electron chi connectivity index (χ2n) is 15.8. The van der Waals surface area contributed by atoms with Gasteiger partial charge in [-0.15, -0.1) is 0 Å². The first-order valence-electron chi connectivity index (χ1n) is 19.6. The lowest BCUT2D eigenvalue weighted by atomic mass is 9.88. The van der Waals surface area contributed by atoms with E-state index in [-0.39, 0.29) is 53.8 Å². The van der Waals surface area contributed by atoms with Gasteiger partial charge in [-0.05, 0) is 57.2 Å². The summed E-state index contributed by atoms with van der Waals surface area (Å²) in [5.41, 5.74) is 0.712. The summed E-state index contributed by atoms with van der Waals surface area (Å²) in [6, 6.07) is 6.74. The monoisotopic (exact) mass is 746 g/mol. The van der Waals surface area contributed by atoms with Crippen LogP contribution in [0, 0.1) is 23.7 Å². The third-order valence-corrected chi connectivity index (χ3v) is 11.5. The lowest BCUT2D eigenvalue weighted by Gasteiger charge is -2.41. The fourth-order valence-corrected chi connectivity index (χ4v) is 7.95. The van der Waals surface area contributed by atoms with Crippen LogP contribution in [0.1, 0.15) is 99.2 Å². The molecule has 3 N–H and O–H groups in total. The maximum Gasteiger partial charge on any atom is 0.245 e. The number of hydrogen-bond donors (Lipinski definition) is 3. The molecule has 1 fully saturated rings. The van der Waals surface area contributed by atoms with Crippen molar-refractivity contribution in [2.75, 3.05) is 41.9 Å². The number of methoxy groups -OCH3 is 2. The Kier molecular flexibility index (Phi) is 18.9. The number of carbonyl (C=O) groups is 4. The van der Waals surface area contributed by atoms with E-state index in [0.29, 0.717) is 24.9 Å². The molecule has 0 bridgehead atoms. The number of hydrogen-bond acceptors (Lipinski definition) is 8. The Morgan fingerprint density at radius 3 is 2.00 bits per heavy atom.